The molecule has 0 saturated heterocycles. The van der Waals surface area contributed by atoms with E-state index in [1.807, 2.05) is 0 Å². The van der Waals surface area contributed by atoms with Crippen molar-refractivity contribution >= 4 is 33.2 Å². The molecule has 0 amide bonds. The van der Waals surface area contributed by atoms with Gasteiger partial charge in [0.05, 0.1) is 10.7 Å². The summed E-state index contributed by atoms with van der Waals surface area (Å²) >= 11 is 9.55. The molecule has 0 bridgehead atoms. The molecule has 2 aromatic carbocycles. The first kappa shape index (κ1) is 13.5. The lowest BCUT2D eigenvalue weighted by Crippen LogP contribution is -2.01. The Morgan fingerprint density at radius 2 is 1.95 bits per heavy atom. The van der Waals surface area contributed by atoms with Gasteiger partial charge in [-0.3, -0.25) is 0 Å². The summed E-state index contributed by atoms with van der Waals surface area (Å²) < 4.78 is 24.6. The summed E-state index contributed by atoms with van der Waals surface area (Å²) in [5, 5.41) is 3.69. The molecule has 20 heavy (non-hydrogen) atoms. The van der Waals surface area contributed by atoms with Gasteiger partial charge in [0.15, 0.2) is 11.5 Å². The zero-order valence-corrected chi connectivity index (χ0v) is 12.6. The first-order chi connectivity index (χ1) is 9.63. The number of hydrogen-bond acceptors (Lipinski definition) is 3. The van der Waals surface area contributed by atoms with E-state index >= 15 is 0 Å². The Morgan fingerprint density at radius 1 is 1.20 bits per heavy atom. The second-order valence-corrected chi connectivity index (χ2v) is 5.54. The molecule has 0 spiro atoms. The second-order valence-electron chi connectivity index (χ2n) is 4.27. The number of rotatable bonds is 3. The Bertz CT molecular complexity index is 666. The third-order valence-electron chi connectivity index (χ3n) is 2.94. The molecule has 0 aromatic heterocycles. The average molecular weight is 359 g/mol. The van der Waals surface area contributed by atoms with Crippen LogP contribution in [-0.4, -0.2) is 6.79 Å². The topological polar surface area (TPSA) is 30.5 Å². The van der Waals surface area contributed by atoms with Crippen molar-refractivity contribution < 1.29 is 13.9 Å². The number of anilines is 1. The van der Waals surface area contributed by atoms with Crippen LogP contribution in [0, 0.1) is 5.82 Å². The Morgan fingerprint density at radius 3 is 2.75 bits per heavy atom. The third-order valence-corrected chi connectivity index (χ3v) is 4.03. The van der Waals surface area contributed by atoms with Crippen LogP contribution in [0.4, 0.5) is 10.1 Å². The van der Waals surface area contributed by atoms with Crippen molar-refractivity contribution in [3.63, 3.8) is 0 Å². The monoisotopic (exact) mass is 357 g/mol. The summed E-state index contributed by atoms with van der Waals surface area (Å²) in [5.74, 6) is 1.00. The fourth-order valence-electron chi connectivity index (χ4n) is 1.92. The maximum absolute atomic E-state index is 13.2. The minimum atomic E-state index is -0.276. The zero-order chi connectivity index (χ0) is 14.1. The molecule has 6 heteroatoms. The molecule has 1 N–H and O–H groups in total. The minimum Gasteiger partial charge on any atom is -0.454 e. The number of nitrogens with one attached hydrogen (secondary N) is 1. The van der Waals surface area contributed by atoms with Crippen molar-refractivity contribution in [3.8, 4) is 11.5 Å². The van der Waals surface area contributed by atoms with Crippen LogP contribution >= 0.6 is 27.5 Å². The second kappa shape index (κ2) is 5.50. The van der Waals surface area contributed by atoms with Gasteiger partial charge in [-0.25, -0.2) is 4.39 Å². The summed E-state index contributed by atoms with van der Waals surface area (Å²) in [7, 11) is 0. The Balaban J connectivity index is 1.80. The van der Waals surface area contributed by atoms with Crippen molar-refractivity contribution in [2.45, 2.75) is 6.54 Å². The van der Waals surface area contributed by atoms with Gasteiger partial charge >= 0.3 is 0 Å². The molecular weight excluding hydrogens is 349 g/mol. The molecule has 0 radical (unpaired) electrons. The predicted octanol–water partition coefficient (Wildman–Crippen LogP) is 4.58. The lowest BCUT2D eigenvalue weighted by atomic mass is 10.2. The molecule has 0 unspecified atom stereocenters. The van der Waals surface area contributed by atoms with Gasteiger partial charge < -0.3 is 14.8 Å². The number of halogens is 3. The van der Waals surface area contributed by atoms with E-state index in [0.29, 0.717) is 28.8 Å². The van der Waals surface area contributed by atoms with E-state index in [9.17, 15) is 4.39 Å². The maximum atomic E-state index is 13.2. The van der Waals surface area contributed by atoms with E-state index in [0.717, 1.165) is 10.0 Å². The van der Waals surface area contributed by atoms with Crippen LogP contribution in [0.25, 0.3) is 0 Å². The lowest BCUT2D eigenvalue weighted by Gasteiger charge is -2.11. The van der Waals surface area contributed by atoms with Crippen LogP contribution in [0.3, 0.4) is 0 Å². The Kier molecular flexibility index (Phi) is 3.72. The van der Waals surface area contributed by atoms with Gasteiger partial charge in [-0.2, -0.15) is 0 Å². The van der Waals surface area contributed by atoms with Gasteiger partial charge in [-0.05, 0) is 23.8 Å². The molecule has 1 aliphatic heterocycles. The number of ether oxygens (including phenoxy) is 2. The molecule has 1 aliphatic rings. The van der Waals surface area contributed by atoms with E-state index in [2.05, 4.69) is 21.2 Å². The fourth-order valence-corrected chi connectivity index (χ4v) is 2.53. The maximum Gasteiger partial charge on any atom is 0.231 e. The van der Waals surface area contributed by atoms with Crippen molar-refractivity contribution in [1.82, 2.24) is 0 Å². The summed E-state index contributed by atoms with van der Waals surface area (Å²) in [4.78, 5) is 0. The van der Waals surface area contributed by atoms with Crippen LogP contribution in [-0.2, 0) is 6.54 Å². The van der Waals surface area contributed by atoms with Gasteiger partial charge in [0, 0.05) is 23.2 Å². The van der Waals surface area contributed by atoms with Gasteiger partial charge in [-0.15, -0.1) is 0 Å². The third kappa shape index (κ3) is 2.69. The fraction of sp³-hybridized carbons (Fsp3) is 0.143. The average Bonchev–Trinajstić information content (AvgIpc) is 2.86. The first-order valence-corrected chi connectivity index (χ1v) is 7.07. The zero-order valence-electron chi connectivity index (χ0n) is 10.3. The summed E-state index contributed by atoms with van der Waals surface area (Å²) in [6.45, 7) is 0.641. The van der Waals surface area contributed by atoms with Crippen LogP contribution in [0.5, 0.6) is 11.5 Å². The van der Waals surface area contributed by atoms with Gasteiger partial charge in [0.25, 0.3) is 0 Å². The van der Waals surface area contributed by atoms with Crippen LogP contribution in [0.2, 0.25) is 5.02 Å². The quantitative estimate of drug-likeness (QED) is 0.871. The molecule has 0 fully saturated rings. The van der Waals surface area contributed by atoms with Crippen LogP contribution in [0.15, 0.2) is 34.8 Å². The van der Waals surface area contributed by atoms with E-state index in [1.54, 1.807) is 18.2 Å². The Labute approximate surface area is 128 Å². The summed E-state index contributed by atoms with van der Waals surface area (Å²) in [5.41, 5.74) is 1.52. The molecule has 0 atom stereocenters. The van der Waals surface area contributed by atoms with Crippen molar-refractivity contribution in [1.29, 1.82) is 0 Å². The summed E-state index contributed by atoms with van der Waals surface area (Å²) in [6, 6.07) is 8.03. The standard InChI is InChI=1S/C14H10BrClFNO2/c15-10-2-1-9(17)3-8(10)6-18-12-5-14-13(4-11(12)16)19-7-20-14/h1-5,18H,6-7H2. The van der Waals surface area contributed by atoms with E-state index in [4.69, 9.17) is 21.1 Å². The molecule has 0 saturated carbocycles. The number of fused-ring (bicyclic) bond motifs is 1. The van der Waals surface area contributed by atoms with Crippen molar-refractivity contribution in [2.24, 2.45) is 0 Å². The highest BCUT2D eigenvalue weighted by Crippen LogP contribution is 2.39. The molecular formula is C14H10BrClFNO2. The molecule has 0 aliphatic carbocycles. The van der Waals surface area contributed by atoms with E-state index in [1.165, 1.54) is 12.1 Å². The summed E-state index contributed by atoms with van der Waals surface area (Å²) in [6.07, 6.45) is 0. The first-order valence-electron chi connectivity index (χ1n) is 5.90. The number of benzene rings is 2. The predicted molar refractivity (Wildman–Crippen MR) is 79.0 cm³/mol. The molecule has 2 aromatic rings. The van der Waals surface area contributed by atoms with Crippen molar-refractivity contribution in [3.05, 3.63) is 51.2 Å². The van der Waals surface area contributed by atoms with Crippen LogP contribution < -0.4 is 14.8 Å². The van der Waals surface area contributed by atoms with Crippen molar-refractivity contribution in [2.75, 3.05) is 12.1 Å². The normalized spacial score (nSPS) is 12.6. The molecule has 3 nitrogen and oxygen atoms in total. The Hall–Kier alpha value is -1.46. The molecule has 3 rings (SSSR count). The lowest BCUT2D eigenvalue weighted by molar-refractivity contribution is 0.174. The van der Waals surface area contributed by atoms with E-state index in [-0.39, 0.29) is 12.6 Å². The highest BCUT2D eigenvalue weighted by atomic mass is 79.9. The smallest absolute Gasteiger partial charge is 0.231 e. The molecule has 104 valence electrons. The minimum absolute atomic E-state index is 0.199. The SMILES string of the molecule is Fc1ccc(Br)c(CNc2cc3c(cc2Cl)OCO3)c1. The largest absolute Gasteiger partial charge is 0.454 e. The van der Waals surface area contributed by atoms with E-state index < -0.39 is 0 Å². The highest BCUT2D eigenvalue weighted by molar-refractivity contribution is 9.10. The molecule has 1 heterocycles. The van der Waals surface area contributed by atoms with Gasteiger partial charge in [-0.1, -0.05) is 27.5 Å². The van der Waals surface area contributed by atoms with Gasteiger partial charge in [0.2, 0.25) is 6.79 Å². The highest BCUT2D eigenvalue weighted by Gasteiger charge is 2.16. The number of hydrogen-bond donors (Lipinski definition) is 1. The van der Waals surface area contributed by atoms with Gasteiger partial charge in [0.1, 0.15) is 5.82 Å². The van der Waals surface area contributed by atoms with Crippen LogP contribution in [0.1, 0.15) is 5.56 Å².